The van der Waals surface area contributed by atoms with Gasteiger partial charge in [0.15, 0.2) is 5.78 Å². The molecular formula is C18H12N2O. The molecule has 0 saturated heterocycles. The number of aromatic amines is 1. The highest BCUT2D eigenvalue weighted by atomic mass is 16.1. The molecule has 0 saturated carbocycles. The first-order valence-corrected chi connectivity index (χ1v) is 6.91. The minimum absolute atomic E-state index is 0.0316. The number of H-pyrrole nitrogens is 1. The van der Waals surface area contributed by atoms with Crippen LogP contribution in [0, 0.1) is 11.3 Å². The minimum Gasteiger partial charge on any atom is -0.360 e. The predicted molar refractivity (Wildman–Crippen MR) is 80.2 cm³/mol. The van der Waals surface area contributed by atoms with Crippen molar-refractivity contribution in [1.82, 2.24) is 4.98 Å². The average Bonchev–Trinajstić information content (AvgIpc) is 2.91. The van der Waals surface area contributed by atoms with Crippen LogP contribution in [0.15, 0.2) is 48.7 Å². The lowest BCUT2D eigenvalue weighted by Crippen LogP contribution is -2.25. The lowest BCUT2D eigenvalue weighted by atomic mass is 9.74. The fraction of sp³-hybridized carbons (Fsp3) is 0.111. The van der Waals surface area contributed by atoms with E-state index in [0.29, 0.717) is 11.1 Å². The second-order valence-corrected chi connectivity index (χ2v) is 5.39. The fourth-order valence-electron chi connectivity index (χ4n) is 3.08. The van der Waals surface area contributed by atoms with E-state index in [2.05, 4.69) is 17.1 Å². The molecule has 1 N–H and O–H groups in total. The Labute approximate surface area is 121 Å². The number of nitriles is 1. The number of carbonyl (C=O) groups excluding carboxylic acids is 1. The van der Waals surface area contributed by atoms with Crippen LogP contribution in [0.1, 0.15) is 33.0 Å². The summed E-state index contributed by atoms with van der Waals surface area (Å²) in [6.45, 7) is 0. The molecule has 0 spiro atoms. The molecule has 0 aliphatic heterocycles. The first-order chi connectivity index (χ1) is 10.3. The number of ketones is 1. The highest BCUT2D eigenvalue weighted by Crippen LogP contribution is 2.38. The Hall–Kier alpha value is -2.86. The zero-order valence-corrected chi connectivity index (χ0v) is 11.3. The molecule has 1 heterocycles. The summed E-state index contributed by atoms with van der Waals surface area (Å²) in [7, 11) is 0. The fourth-order valence-corrected chi connectivity index (χ4v) is 3.08. The number of fused-ring (bicyclic) bond motifs is 2. The molecule has 3 nitrogen and oxygen atoms in total. The van der Waals surface area contributed by atoms with Gasteiger partial charge in [0, 0.05) is 22.7 Å². The first-order valence-electron chi connectivity index (χ1n) is 6.91. The summed E-state index contributed by atoms with van der Waals surface area (Å²) in [5.74, 6) is 0.125. The van der Waals surface area contributed by atoms with E-state index in [1.54, 1.807) is 18.3 Å². The van der Waals surface area contributed by atoms with Gasteiger partial charge in [-0.05, 0) is 29.7 Å². The van der Waals surface area contributed by atoms with E-state index in [1.165, 1.54) is 5.56 Å². The van der Waals surface area contributed by atoms with Crippen LogP contribution >= 0.6 is 0 Å². The normalized spacial score (nSPS) is 16.0. The van der Waals surface area contributed by atoms with Crippen molar-refractivity contribution in [2.75, 3.05) is 0 Å². The highest BCUT2D eigenvalue weighted by Gasteiger charge is 2.33. The van der Waals surface area contributed by atoms with E-state index in [0.717, 1.165) is 22.9 Å². The van der Waals surface area contributed by atoms with Crippen LogP contribution in [-0.4, -0.2) is 10.8 Å². The topological polar surface area (TPSA) is 56.6 Å². The van der Waals surface area contributed by atoms with Crippen molar-refractivity contribution in [1.29, 1.82) is 5.26 Å². The number of nitrogens with zero attached hydrogens (tertiary/aromatic N) is 1. The molecule has 3 aromatic rings. The Morgan fingerprint density at radius 1 is 1.24 bits per heavy atom. The summed E-state index contributed by atoms with van der Waals surface area (Å²) in [4.78, 5) is 15.8. The van der Waals surface area contributed by atoms with Crippen LogP contribution in [0.5, 0.6) is 0 Å². The van der Waals surface area contributed by atoms with Crippen LogP contribution in [0.3, 0.4) is 0 Å². The molecule has 1 aliphatic rings. The number of benzene rings is 2. The Bertz CT molecular complexity index is 914. The van der Waals surface area contributed by atoms with Crippen LogP contribution in [0.2, 0.25) is 0 Å². The number of carbonyl (C=O) groups is 1. The molecule has 4 rings (SSSR count). The largest absolute Gasteiger partial charge is 0.360 e. The summed E-state index contributed by atoms with van der Waals surface area (Å²) in [5.41, 5.74) is 4.56. The quantitative estimate of drug-likeness (QED) is 0.725. The van der Waals surface area contributed by atoms with Crippen molar-refractivity contribution in [2.24, 2.45) is 0 Å². The monoisotopic (exact) mass is 272 g/mol. The maximum atomic E-state index is 12.7. The van der Waals surface area contributed by atoms with Gasteiger partial charge in [0.2, 0.25) is 0 Å². The van der Waals surface area contributed by atoms with Gasteiger partial charge in [-0.1, -0.05) is 30.3 Å². The van der Waals surface area contributed by atoms with Crippen LogP contribution in [0.25, 0.3) is 10.9 Å². The molecule has 1 unspecified atom stereocenters. The van der Waals surface area contributed by atoms with Crippen molar-refractivity contribution in [3.05, 3.63) is 70.9 Å². The van der Waals surface area contributed by atoms with Gasteiger partial charge in [0.05, 0.1) is 17.6 Å². The molecule has 0 amide bonds. The molecule has 21 heavy (non-hydrogen) atoms. The van der Waals surface area contributed by atoms with Gasteiger partial charge in [-0.2, -0.15) is 5.26 Å². The Kier molecular flexibility index (Phi) is 2.45. The van der Waals surface area contributed by atoms with E-state index >= 15 is 0 Å². The van der Waals surface area contributed by atoms with Gasteiger partial charge in [0.1, 0.15) is 0 Å². The summed E-state index contributed by atoms with van der Waals surface area (Å²) in [5, 5.41) is 9.82. The zero-order valence-electron chi connectivity index (χ0n) is 11.3. The Morgan fingerprint density at radius 3 is 2.90 bits per heavy atom. The molecule has 3 heteroatoms. The van der Waals surface area contributed by atoms with E-state index in [4.69, 9.17) is 5.26 Å². The van der Waals surface area contributed by atoms with Gasteiger partial charge in [-0.25, -0.2) is 0 Å². The molecule has 1 atom stereocenters. The third-order valence-electron chi connectivity index (χ3n) is 4.25. The summed E-state index contributed by atoms with van der Waals surface area (Å²) in [6, 6.07) is 15.6. The lowest BCUT2D eigenvalue weighted by molar-refractivity contribution is 0.0950. The molecule has 0 radical (unpaired) electrons. The van der Waals surface area contributed by atoms with Crippen molar-refractivity contribution in [3.63, 3.8) is 0 Å². The lowest BCUT2D eigenvalue weighted by Gasteiger charge is -2.28. The minimum atomic E-state index is -0.0316. The predicted octanol–water partition coefficient (Wildman–Crippen LogP) is 3.56. The van der Waals surface area contributed by atoms with Gasteiger partial charge >= 0.3 is 0 Å². The molecule has 1 aliphatic carbocycles. The molecule has 1 aromatic heterocycles. The number of Topliss-reactive ketones (excluding diaryl/α,β-unsaturated/α-hetero) is 1. The number of hydrogen-bond acceptors (Lipinski definition) is 2. The number of aromatic nitrogens is 1. The van der Waals surface area contributed by atoms with Gasteiger partial charge in [0.25, 0.3) is 0 Å². The van der Waals surface area contributed by atoms with Crippen molar-refractivity contribution < 1.29 is 4.79 Å². The maximum Gasteiger partial charge on any atom is 0.172 e. The summed E-state index contributed by atoms with van der Waals surface area (Å²) in [6.07, 6.45) is 2.58. The van der Waals surface area contributed by atoms with Crippen molar-refractivity contribution in [3.8, 4) is 6.07 Å². The maximum absolute atomic E-state index is 12.7. The number of hydrogen-bond donors (Lipinski definition) is 1. The average molecular weight is 272 g/mol. The highest BCUT2D eigenvalue weighted by molar-refractivity contribution is 6.11. The third kappa shape index (κ3) is 1.70. The molecule has 100 valence electrons. The van der Waals surface area contributed by atoms with Crippen LogP contribution < -0.4 is 0 Å². The van der Waals surface area contributed by atoms with Crippen LogP contribution in [-0.2, 0) is 6.42 Å². The van der Waals surface area contributed by atoms with Gasteiger partial charge in [-0.15, -0.1) is 0 Å². The smallest absolute Gasteiger partial charge is 0.172 e. The van der Waals surface area contributed by atoms with Gasteiger partial charge in [-0.3, -0.25) is 4.79 Å². The number of nitrogens with one attached hydrogen (secondary N) is 1. The van der Waals surface area contributed by atoms with Crippen molar-refractivity contribution >= 4 is 16.7 Å². The number of rotatable bonds is 2. The second-order valence-electron chi connectivity index (χ2n) is 5.39. The summed E-state index contributed by atoms with van der Waals surface area (Å²) >= 11 is 0. The van der Waals surface area contributed by atoms with E-state index in [-0.39, 0.29) is 11.7 Å². The molecule has 2 aromatic carbocycles. The van der Waals surface area contributed by atoms with E-state index in [9.17, 15) is 4.79 Å². The molecular weight excluding hydrogens is 260 g/mol. The standard InChI is InChI=1S/C18H12N2O/c19-9-11-5-6-14-16(10-20-17(14)7-11)18(21)15-8-12-3-1-2-4-13(12)15/h1-7,10,15,20H,8H2. The molecule has 0 fully saturated rings. The molecule has 0 bridgehead atoms. The van der Waals surface area contributed by atoms with Gasteiger partial charge < -0.3 is 4.98 Å². The van der Waals surface area contributed by atoms with Crippen molar-refractivity contribution in [2.45, 2.75) is 12.3 Å². The SMILES string of the molecule is N#Cc1ccc2c(C(=O)C3Cc4ccccc43)c[nH]c2c1. The Morgan fingerprint density at radius 2 is 2.10 bits per heavy atom. The third-order valence-corrected chi connectivity index (χ3v) is 4.25. The second kappa shape index (κ2) is 4.32. The first kappa shape index (κ1) is 11.9. The Balaban J connectivity index is 1.75. The summed E-state index contributed by atoms with van der Waals surface area (Å²) < 4.78 is 0. The van der Waals surface area contributed by atoms with Crippen LogP contribution in [0.4, 0.5) is 0 Å². The zero-order chi connectivity index (χ0) is 14.4. The van der Waals surface area contributed by atoms with E-state index < -0.39 is 0 Å². The van der Waals surface area contributed by atoms with E-state index in [1.807, 2.05) is 24.3 Å².